The molecule has 0 aliphatic heterocycles. The number of phosphoric ester groups is 1. The number of aromatic amines is 1. The predicted molar refractivity (Wildman–Crippen MR) is 324 cm³/mol. The van der Waals surface area contributed by atoms with E-state index in [1.54, 1.807) is 0 Å². The molecule has 0 fully saturated rings. The van der Waals surface area contributed by atoms with Crippen LogP contribution < -0.4 is 26.0 Å². The van der Waals surface area contributed by atoms with Crippen molar-refractivity contribution in [2.75, 3.05) is 26.3 Å². The number of ether oxygens (including phenoxy) is 1. The maximum Gasteiger partial charge on any atom is 0.472 e. The molecule has 2 unspecified atom stereocenters. The third-order valence-electron chi connectivity index (χ3n) is 15.2. The number of H-pyrrole nitrogens is 1. The fourth-order valence-electron chi connectivity index (χ4n) is 9.98. The number of hydrogen-bond acceptors (Lipinski definition) is 9. The standard InChI is InChI=1S/C64H108N5O10P/c1-5-8-10-12-14-16-18-19-20-21-22-23-25-27-29-31-36-40-60(71)68-59(63(73)65-44-43-56(70)39-35-30-28-26-24-17-15-13-11-9-6-2)51-79-80(75,76)78-46-45-66-64(74)62(52(4)7-3)69-61(72)49-55-47-54-48-57(41-42-58(54)67-55)77-50-53-37-33-32-34-38-53/h32-34,37-38,41-42,47-48,52,56,59,62,67,70H,5-31,35-36,39-40,43-46,49-51H2,1-4H3,(H,65,73)(H,66,74)(H,68,71)(H,69,72)(H,75,76)/t52-,56?,59-,62-/m0/s1. The molecule has 454 valence electrons. The molecule has 4 amide bonds. The van der Waals surface area contributed by atoms with Gasteiger partial charge in [-0.3, -0.25) is 28.2 Å². The molecule has 16 heteroatoms. The van der Waals surface area contributed by atoms with Crippen molar-refractivity contribution in [1.82, 2.24) is 26.3 Å². The van der Waals surface area contributed by atoms with Crippen molar-refractivity contribution in [1.29, 1.82) is 0 Å². The molecule has 0 aliphatic carbocycles. The number of nitrogens with one attached hydrogen (secondary N) is 5. The van der Waals surface area contributed by atoms with Gasteiger partial charge in [-0.2, -0.15) is 0 Å². The summed E-state index contributed by atoms with van der Waals surface area (Å²) < 4.78 is 29.5. The highest BCUT2D eigenvalue weighted by Gasteiger charge is 2.29. The van der Waals surface area contributed by atoms with Crippen molar-refractivity contribution in [2.24, 2.45) is 5.92 Å². The van der Waals surface area contributed by atoms with Crippen LogP contribution in [0.3, 0.4) is 0 Å². The average molecular weight is 1140 g/mol. The lowest BCUT2D eigenvalue weighted by Crippen LogP contribution is -2.51. The zero-order chi connectivity index (χ0) is 57.9. The second kappa shape index (κ2) is 44.3. The van der Waals surface area contributed by atoms with E-state index < -0.39 is 51.0 Å². The molecule has 80 heavy (non-hydrogen) atoms. The van der Waals surface area contributed by atoms with Crippen LogP contribution in [0.15, 0.2) is 54.6 Å². The van der Waals surface area contributed by atoms with E-state index in [-0.39, 0.29) is 43.7 Å². The first-order valence-corrected chi connectivity index (χ1v) is 33.1. The summed E-state index contributed by atoms with van der Waals surface area (Å²) in [6.45, 7) is 7.62. The lowest BCUT2D eigenvalue weighted by molar-refractivity contribution is -0.130. The molecule has 0 saturated carbocycles. The first kappa shape index (κ1) is 70.0. The number of unbranched alkanes of at least 4 members (excludes halogenated alkanes) is 26. The van der Waals surface area contributed by atoms with Crippen molar-refractivity contribution in [2.45, 2.75) is 264 Å². The number of rotatable bonds is 51. The molecule has 0 aliphatic rings. The Morgan fingerprint density at radius 2 is 1.14 bits per heavy atom. The van der Waals surface area contributed by atoms with Gasteiger partial charge in [0.1, 0.15) is 24.4 Å². The Labute approximate surface area is 482 Å². The minimum absolute atomic E-state index is 0.00368. The maximum atomic E-state index is 13.5. The van der Waals surface area contributed by atoms with Crippen LogP contribution in [0.25, 0.3) is 10.9 Å². The van der Waals surface area contributed by atoms with Crippen LogP contribution in [0.2, 0.25) is 0 Å². The molecular weight excluding hydrogens is 1030 g/mol. The minimum atomic E-state index is -4.77. The molecule has 0 spiro atoms. The van der Waals surface area contributed by atoms with Crippen LogP contribution in [0, 0.1) is 5.92 Å². The van der Waals surface area contributed by atoms with E-state index in [4.69, 9.17) is 13.8 Å². The Morgan fingerprint density at radius 3 is 1.70 bits per heavy atom. The maximum absolute atomic E-state index is 13.5. The van der Waals surface area contributed by atoms with Gasteiger partial charge in [0.15, 0.2) is 0 Å². The molecule has 3 aromatic rings. The molecule has 0 bridgehead atoms. The highest BCUT2D eigenvalue weighted by atomic mass is 31.2. The Hall–Kier alpha value is -4.27. The van der Waals surface area contributed by atoms with Crippen molar-refractivity contribution in [3.05, 3.63) is 65.9 Å². The summed E-state index contributed by atoms with van der Waals surface area (Å²) in [5.74, 6) is -1.34. The molecule has 3 rings (SSSR count). The van der Waals surface area contributed by atoms with Gasteiger partial charge in [0.05, 0.1) is 25.7 Å². The topological polar surface area (TPSA) is 217 Å². The normalized spacial score (nSPS) is 13.8. The number of amides is 4. The molecule has 7 N–H and O–H groups in total. The number of benzene rings is 2. The number of hydrogen-bond donors (Lipinski definition) is 7. The van der Waals surface area contributed by atoms with Crippen LogP contribution in [-0.2, 0) is 45.8 Å². The van der Waals surface area contributed by atoms with Crippen molar-refractivity contribution < 1.29 is 47.5 Å². The molecule has 15 nitrogen and oxygen atoms in total. The molecule has 0 saturated heterocycles. The summed E-state index contributed by atoms with van der Waals surface area (Å²) in [5, 5.41) is 22.6. The number of fused-ring (bicyclic) bond motifs is 1. The summed E-state index contributed by atoms with van der Waals surface area (Å²) in [6, 6.07) is 15.3. The largest absolute Gasteiger partial charge is 0.489 e. The quantitative estimate of drug-likeness (QED) is 0.0210. The van der Waals surface area contributed by atoms with Crippen molar-refractivity contribution >= 4 is 42.4 Å². The van der Waals surface area contributed by atoms with Gasteiger partial charge in [0, 0.05) is 36.1 Å². The number of carbonyl (C=O) groups excluding carboxylic acids is 4. The SMILES string of the molecule is CCCCCCCCCCCCCCCCCCCC(=O)N[C@@H](COP(=O)(O)OCCNC(=O)[C@@H](NC(=O)Cc1cc2cc(OCc3ccccc3)ccc2[nH]1)[C@@H](C)CC)C(=O)NCCC(O)CCCCCCCCCCCCC. The number of aliphatic hydroxyl groups is 1. The first-order valence-electron chi connectivity index (χ1n) is 31.6. The van der Waals surface area contributed by atoms with Gasteiger partial charge in [-0.05, 0) is 55.0 Å². The van der Waals surface area contributed by atoms with E-state index in [9.17, 15) is 33.7 Å². The first-order chi connectivity index (χ1) is 38.8. The van der Waals surface area contributed by atoms with Crippen LogP contribution >= 0.6 is 7.82 Å². The number of aromatic nitrogens is 1. The Morgan fingerprint density at radius 1 is 0.600 bits per heavy atom. The summed E-state index contributed by atoms with van der Waals surface area (Å²) in [7, 11) is -4.77. The minimum Gasteiger partial charge on any atom is -0.489 e. The van der Waals surface area contributed by atoms with Gasteiger partial charge < -0.3 is 41.0 Å². The van der Waals surface area contributed by atoms with Crippen LogP contribution in [0.1, 0.15) is 244 Å². The summed E-state index contributed by atoms with van der Waals surface area (Å²) in [5.41, 5.74) is 2.57. The molecular formula is C64H108N5O10P. The van der Waals surface area contributed by atoms with E-state index in [1.165, 1.54) is 135 Å². The summed E-state index contributed by atoms with van der Waals surface area (Å²) >= 11 is 0. The lowest BCUT2D eigenvalue weighted by Gasteiger charge is -2.24. The van der Waals surface area contributed by atoms with Gasteiger partial charge >= 0.3 is 7.82 Å². The fourth-order valence-corrected chi connectivity index (χ4v) is 10.7. The van der Waals surface area contributed by atoms with E-state index in [0.717, 1.165) is 55.0 Å². The second-order valence-corrected chi connectivity index (χ2v) is 23.9. The number of carbonyl (C=O) groups is 4. The van der Waals surface area contributed by atoms with Gasteiger partial charge in [-0.25, -0.2) is 4.57 Å². The zero-order valence-corrected chi connectivity index (χ0v) is 50.9. The molecule has 1 heterocycles. The highest BCUT2D eigenvalue weighted by Crippen LogP contribution is 2.43. The fraction of sp³-hybridized carbons (Fsp3) is 0.719. The smallest absolute Gasteiger partial charge is 0.472 e. The average Bonchev–Trinajstić information content (AvgIpc) is 3.86. The number of aliphatic hydroxyl groups excluding tert-OH is 1. The van der Waals surface area contributed by atoms with Crippen LogP contribution in [0.5, 0.6) is 5.75 Å². The van der Waals surface area contributed by atoms with E-state index in [2.05, 4.69) is 40.1 Å². The third-order valence-corrected chi connectivity index (χ3v) is 16.2. The monoisotopic (exact) mass is 1140 g/mol. The van der Waals surface area contributed by atoms with Gasteiger partial charge in [-0.1, -0.05) is 238 Å². The van der Waals surface area contributed by atoms with E-state index in [0.29, 0.717) is 43.7 Å². The second-order valence-electron chi connectivity index (χ2n) is 22.4. The third kappa shape index (κ3) is 33.6. The lowest BCUT2D eigenvalue weighted by atomic mass is 9.98. The molecule has 1 aromatic heterocycles. The summed E-state index contributed by atoms with van der Waals surface area (Å²) in [4.78, 5) is 67.3. The predicted octanol–water partition coefficient (Wildman–Crippen LogP) is 14.2. The Kier molecular flexibility index (Phi) is 38.8. The summed E-state index contributed by atoms with van der Waals surface area (Å²) in [6.07, 6.45) is 35.4. The van der Waals surface area contributed by atoms with E-state index >= 15 is 0 Å². The Bertz CT molecular complexity index is 2140. The van der Waals surface area contributed by atoms with Crippen molar-refractivity contribution in [3.63, 3.8) is 0 Å². The van der Waals surface area contributed by atoms with Crippen molar-refractivity contribution in [3.8, 4) is 5.75 Å². The van der Waals surface area contributed by atoms with Crippen LogP contribution in [-0.4, -0.2) is 83.1 Å². The molecule has 2 aromatic carbocycles. The Balaban J connectivity index is 1.42. The highest BCUT2D eigenvalue weighted by molar-refractivity contribution is 7.47. The molecule has 5 atom stereocenters. The van der Waals surface area contributed by atoms with Gasteiger partial charge in [0.25, 0.3) is 0 Å². The van der Waals surface area contributed by atoms with Gasteiger partial charge in [0.2, 0.25) is 23.6 Å². The van der Waals surface area contributed by atoms with Crippen LogP contribution in [0.4, 0.5) is 0 Å². The number of phosphoric acid groups is 1. The van der Waals surface area contributed by atoms with Gasteiger partial charge in [-0.15, -0.1) is 0 Å². The van der Waals surface area contributed by atoms with E-state index in [1.807, 2.05) is 68.4 Å². The zero-order valence-electron chi connectivity index (χ0n) is 50.0. The molecule has 0 radical (unpaired) electrons.